The fraction of sp³-hybridized carbons (Fsp3) is 0.611. The van der Waals surface area contributed by atoms with Crippen LogP contribution < -0.4 is 0 Å². The van der Waals surface area contributed by atoms with Gasteiger partial charge in [-0.05, 0) is 37.2 Å². The molecule has 1 atom stereocenters. The molecule has 0 spiro atoms. The van der Waals surface area contributed by atoms with Crippen molar-refractivity contribution < 1.29 is 4.79 Å². The molecule has 0 saturated heterocycles. The number of hydrogen-bond acceptors (Lipinski definition) is 1. The van der Waals surface area contributed by atoms with Gasteiger partial charge in [0.15, 0.2) is 0 Å². The summed E-state index contributed by atoms with van der Waals surface area (Å²) in [5.74, 6) is 0.791. The van der Waals surface area contributed by atoms with Gasteiger partial charge in [-0.25, -0.2) is 0 Å². The van der Waals surface area contributed by atoms with Crippen LogP contribution in [0.3, 0.4) is 0 Å². The molecular weight excluding hydrogens is 282 g/mol. The van der Waals surface area contributed by atoms with E-state index in [1.807, 2.05) is 30.3 Å². The highest BCUT2D eigenvalue weighted by atomic mass is 35.5. The molecule has 2 aliphatic rings. The molecule has 3 heteroatoms. The van der Waals surface area contributed by atoms with Crippen molar-refractivity contribution in [2.45, 2.75) is 56.4 Å². The lowest BCUT2D eigenvalue weighted by Gasteiger charge is -2.31. The summed E-state index contributed by atoms with van der Waals surface area (Å²) >= 11 is 6.45. The van der Waals surface area contributed by atoms with E-state index in [2.05, 4.69) is 4.90 Å². The number of benzene rings is 1. The minimum atomic E-state index is -0.532. The van der Waals surface area contributed by atoms with Crippen molar-refractivity contribution >= 4 is 17.5 Å². The molecule has 0 radical (unpaired) electrons. The highest BCUT2D eigenvalue weighted by Crippen LogP contribution is 2.34. The summed E-state index contributed by atoms with van der Waals surface area (Å²) in [6, 6.07) is 10.2. The van der Waals surface area contributed by atoms with E-state index in [1.54, 1.807) is 0 Å². The zero-order chi connectivity index (χ0) is 14.7. The number of alkyl halides is 1. The highest BCUT2D eigenvalue weighted by Gasteiger charge is 2.37. The van der Waals surface area contributed by atoms with Crippen molar-refractivity contribution in [1.29, 1.82) is 0 Å². The van der Waals surface area contributed by atoms with E-state index in [1.165, 1.54) is 32.1 Å². The first kappa shape index (κ1) is 14.9. The van der Waals surface area contributed by atoms with Crippen LogP contribution in [0.4, 0.5) is 0 Å². The largest absolute Gasteiger partial charge is 0.338 e. The molecule has 0 aromatic heterocycles. The van der Waals surface area contributed by atoms with E-state index in [4.69, 9.17) is 11.6 Å². The van der Waals surface area contributed by atoms with Crippen molar-refractivity contribution in [3.05, 3.63) is 35.9 Å². The van der Waals surface area contributed by atoms with E-state index in [-0.39, 0.29) is 5.91 Å². The predicted octanol–water partition coefficient (Wildman–Crippen LogP) is 4.54. The second-order valence-corrected chi connectivity index (χ2v) is 6.94. The summed E-state index contributed by atoms with van der Waals surface area (Å²) in [5.41, 5.74) is 0.915. The third-order valence-electron chi connectivity index (χ3n) is 4.76. The average Bonchev–Trinajstić information content (AvgIpc) is 3.38. The molecule has 1 aromatic rings. The summed E-state index contributed by atoms with van der Waals surface area (Å²) in [5, 5.41) is -0.532. The van der Waals surface area contributed by atoms with Gasteiger partial charge >= 0.3 is 0 Å². The number of carbonyl (C=O) groups is 1. The molecule has 2 saturated carbocycles. The highest BCUT2D eigenvalue weighted by molar-refractivity contribution is 6.30. The van der Waals surface area contributed by atoms with Gasteiger partial charge < -0.3 is 4.90 Å². The van der Waals surface area contributed by atoms with Gasteiger partial charge in [0.25, 0.3) is 0 Å². The van der Waals surface area contributed by atoms with Gasteiger partial charge in [0.2, 0.25) is 5.91 Å². The summed E-state index contributed by atoms with van der Waals surface area (Å²) in [6.07, 6.45) is 8.84. The predicted molar refractivity (Wildman–Crippen MR) is 86.3 cm³/mol. The van der Waals surface area contributed by atoms with Crippen molar-refractivity contribution in [1.82, 2.24) is 4.90 Å². The van der Waals surface area contributed by atoms with Crippen LogP contribution in [-0.4, -0.2) is 23.4 Å². The third kappa shape index (κ3) is 3.79. The summed E-state index contributed by atoms with van der Waals surface area (Å²) in [4.78, 5) is 14.9. The van der Waals surface area contributed by atoms with Crippen LogP contribution in [0, 0.1) is 5.92 Å². The molecule has 0 N–H and O–H groups in total. The number of nitrogens with zero attached hydrogens (tertiary/aromatic N) is 1. The minimum absolute atomic E-state index is 0.107. The molecule has 2 nitrogen and oxygen atoms in total. The maximum Gasteiger partial charge on any atom is 0.245 e. The minimum Gasteiger partial charge on any atom is -0.338 e. The van der Waals surface area contributed by atoms with Crippen LogP contribution in [-0.2, 0) is 4.79 Å². The fourth-order valence-electron chi connectivity index (χ4n) is 3.36. The number of halogens is 1. The third-order valence-corrected chi connectivity index (χ3v) is 5.20. The van der Waals surface area contributed by atoms with Crippen molar-refractivity contribution in [2.75, 3.05) is 6.54 Å². The summed E-state index contributed by atoms with van der Waals surface area (Å²) < 4.78 is 0. The molecule has 1 unspecified atom stereocenters. The molecule has 3 rings (SSSR count). The zero-order valence-electron chi connectivity index (χ0n) is 12.5. The number of carbonyl (C=O) groups excluding carboxylic acids is 1. The lowest BCUT2D eigenvalue weighted by atomic mass is 9.89. The first-order valence-corrected chi connectivity index (χ1v) is 8.69. The molecule has 0 heterocycles. The molecule has 21 heavy (non-hydrogen) atoms. The standard InChI is InChI=1S/C18H24ClNO/c19-17(15-9-5-2-6-10-15)18(21)20(16-11-12-16)13-14-7-3-1-4-8-14/h2,5-6,9-10,14,16-17H,1,3-4,7-8,11-13H2. The Labute approximate surface area is 132 Å². The van der Waals surface area contributed by atoms with Gasteiger partial charge in [0.05, 0.1) is 0 Å². The van der Waals surface area contributed by atoms with Gasteiger partial charge in [0, 0.05) is 12.6 Å². The first-order valence-electron chi connectivity index (χ1n) is 8.25. The quantitative estimate of drug-likeness (QED) is 0.731. The van der Waals surface area contributed by atoms with E-state index in [9.17, 15) is 4.79 Å². The smallest absolute Gasteiger partial charge is 0.245 e. The Bertz CT molecular complexity index is 465. The Morgan fingerprint density at radius 2 is 1.76 bits per heavy atom. The average molecular weight is 306 g/mol. The fourth-order valence-corrected chi connectivity index (χ4v) is 3.63. The van der Waals surface area contributed by atoms with Gasteiger partial charge in [-0.2, -0.15) is 0 Å². The van der Waals surface area contributed by atoms with E-state index >= 15 is 0 Å². The zero-order valence-corrected chi connectivity index (χ0v) is 13.3. The van der Waals surface area contributed by atoms with Crippen LogP contribution >= 0.6 is 11.6 Å². The topological polar surface area (TPSA) is 20.3 Å². The van der Waals surface area contributed by atoms with E-state index < -0.39 is 5.38 Å². The van der Waals surface area contributed by atoms with E-state index in [0.717, 1.165) is 24.9 Å². The van der Waals surface area contributed by atoms with Crippen LogP contribution in [0.15, 0.2) is 30.3 Å². The number of rotatable bonds is 5. The first-order chi connectivity index (χ1) is 10.3. The van der Waals surface area contributed by atoms with Gasteiger partial charge in [-0.3, -0.25) is 4.79 Å². The molecule has 1 amide bonds. The van der Waals surface area contributed by atoms with Gasteiger partial charge in [-0.1, -0.05) is 49.6 Å². The Hall–Kier alpha value is -1.02. The molecule has 114 valence electrons. The van der Waals surface area contributed by atoms with Gasteiger partial charge in [0.1, 0.15) is 5.38 Å². The maximum atomic E-state index is 12.8. The molecule has 0 bridgehead atoms. The van der Waals surface area contributed by atoms with E-state index in [0.29, 0.717) is 12.0 Å². The number of hydrogen-bond donors (Lipinski definition) is 0. The molecule has 1 aromatic carbocycles. The second kappa shape index (κ2) is 6.83. The van der Waals surface area contributed by atoms with Gasteiger partial charge in [-0.15, -0.1) is 11.6 Å². The SMILES string of the molecule is O=C(C(Cl)c1ccccc1)N(CC1CCCCC1)C1CC1. The molecule has 0 aliphatic heterocycles. The summed E-state index contributed by atoms with van der Waals surface area (Å²) in [7, 11) is 0. The normalized spacial score (nSPS) is 21.0. The monoisotopic (exact) mass is 305 g/mol. The Morgan fingerprint density at radius 3 is 2.38 bits per heavy atom. The summed E-state index contributed by atoms with van der Waals surface area (Å²) in [6.45, 7) is 0.916. The Kier molecular flexibility index (Phi) is 4.84. The van der Waals surface area contributed by atoms with Crippen molar-refractivity contribution in [3.63, 3.8) is 0 Å². The molecule has 2 fully saturated rings. The molecular formula is C18H24ClNO. The Morgan fingerprint density at radius 1 is 1.10 bits per heavy atom. The number of amides is 1. The van der Waals surface area contributed by atoms with Crippen molar-refractivity contribution in [2.24, 2.45) is 5.92 Å². The molecule has 2 aliphatic carbocycles. The second-order valence-electron chi connectivity index (χ2n) is 6.50. The van der Waals surface area contributed by atoms with Crippen LogP contribution in [0.5, 0.6) is 0 Å². The Balaban J connectivity index is 1.66. The lowest BCUT2D eigenvalue weighted by Crippen LogP contribution is -2.39. The maximum absolute atomic E-state index is 12.8. The lowest BCUT2D eigenvalue weighted by molar-refractivity contribution is -0.132. The van der Waals surface area contributed by atoms with Crippen LogP contribution in [0.25, 0.3) is 0 Å². The van der Waals surface area contributed by atoms with Crippen molar-refractivity contribution in [3.8, 4) is 0 Å². The van der Waals surface area contributed by atoms with Crippen LogP contribution in [0.1, 0.15) is 55.9 Å². The van der Waals surface area contributed by atoms with Crippen LogP contribution in [0.2, 0.25) is 0 Å².